The lowest BCUT2D eigenvalue weighted by molar-refractivity contribution is 0.0697. The number of sulfonamides is 1. The summed E-state index contributed by atoms with van der Waals surface area (Å²) in [5.41, 5.74) is 0.521. The van der Waals surface area contributed by atoms with E-state index in [9.17, 15) is 13.2 Å². The van der Waals surface area contributed by atoms with Crippen LogP contribution < -0.4 is 10.5 Å². The molecule has 0 bridgehead atoms. The minimum Gasteiger partial charge on any atom is -0.478 e. The summed E-state index contributed by atoms with van der Waals surface area (Å²) in [5.74, 6) is -1.34. The molecule has 17 heavy (non-hydrogen) atoms. The SMILES string of the molecule is NS(=O)(=O)CCNc1ccc(C(=O)O)c(Cl)c1. The topological polar surface area (TPSA) is 109 Å². The number of carbonyl (C=O) groups is 1. The first-order valence-electron chi connectivity index (χ1n) is 4.57. The van der Waals surface area contributed by atoms with E-state index < -0.39 is 16.0 Å². The van der Waals surface area contributed by atoms with E-state index in [1.807, 2.05) is 0 Å². The zero-order chi connectivity index (χ0) is 13.1. The molecule has 94 valence electrons. The fourth-order valence-electron chi connectivity index (χ4n) is 1.14. The third kappa shape index (κ3) is 4.59. The Hall–Kier alpha value is -1.31. The number of hydrogen-bond donors (Lipinski definition) is 3. The van der Waals surface area contributed by atoms with Gasteiger partial charge in [-0.3, -0.25) is 0 Å². The molecule has 0 aromatic heterocycles. The number of rotatable bonds is 5. The van der Waals surface area contributed by atoms with Crippen LogP contribution in [0.25, 0.3) is 0 Å². The van der Waals surface area contributed by atoms with Gasteiger partial charge in [0.15, 0.2) is 0 Å². The molecule has 0 aliphatic carbocycles. The Morgan fingerprint density at radius 1 is 1.47 bits per heavy atom. The molecule has 0 saturated heterocycles. The quantitative estimate of drug-likeness (QED) is 0.736. The van der Waals surface area contributed by atoms with Crippen molar-refractivity contribution in [1.29, 1.82) is 0 Å². The predicted molar refractivity (Wildman–Crippen MR) is 64.9 cm³/mol. The van der Waals surface area contributed by atoms with Crippen molar-refractivity contribution in [2.45, 2.75) is 0 Å². The molecule has 8 heteroatoms. The minimum atomic E-state index is -3.52. The van der Waals surface area contributed by atoms with Gasteiger partial charge in [0.2, 0.25) is 10.0 Å². The van der Waals surface area contributed by atoms with Crippen molar-refractivity contribution in [1.82, 2.24) is 0 Å². The van der Waals surface area contributed by atoms with Gasteiger partial charge in [-0.05, 0) is 18.2 Å². The smallest absolute Gasteiger partial charge is 0.337 e. The lowest BCUT2D eigenvalue weighted by Crippen LogP contribution is -2.22. The molecule has 0 aliphatic rings. The molecule has 6 nitrogen and oxygen atoms in total. The van der Waals surface area contributed by atoms with Gasteiger partial charge in [0, 0.05) is 12.2 Å². The number of halogens is 1. The van der Waals surface area contributed by atoms with Gasteiger partial charge in [0.05, 0.1) is 16.3 Å². The zero-order valence-corrected chi connectivity index (χ0v) is 10.3. The molecule has 0 amide bonds. The van der Waals surface area contributed by atoms with Gasteiger partial charge < -0.3 is 10.4 Å². The molecule has 1 aromatic rings. The Morgan fingerprint density at radius 2 is 2.12 bits per heavy atom. The van der Waals surface area contributed by atoms with Crippen LogP contribution in [0.2, 0.25) is 5.02 Å². The normalized spacial score (nSPS) is 11.2. The summed E-state index contributed by atoms with van der Waals surface area (Å²) >= 11 is 5.73. The van der Waals surface area contributed by atoms with Crippen molar-refractivity contribution in [3.63, 3.8) is 0 Å². The number of carboxylic acids is 1. The van der Waals surface area contributed by atoms with Crippen LogP contribution in [0.3, 0.4) is 0 Å². The molecule has 0 radical (unpaired) electrons. The summed E-state index contributed by atoms with van der Waals surface area (Å²) in [6.45, 7) is 0.127. The summed E-state index contributed by atoms with van der Waals surface area (Å²) in [5, 5.41) is 16.4. The second-order valence-electron chi connectivity index (χ2n) is 3.29. The average Bonchev–Trinajstić information content (AvgIpc) is 2.15. The Balaban J connectivity index is 2.68. The lowest BCUT2D eigenvalue weighted by atomic mass is 10.2. The Bertz CT molecular complexity index is 530. The number of anilines is 1. The van der Waals surface area contributed by atoms with Gasteiger partial charge in [-0.2, -0.15) is 0 Å². The van der Waals surface area contributed by atoms with Crippen LogP contribution in [0.5, 0.6) is 0 Å². The molecule has 0 aliphatic heterocycles. The van der Waals surface area contributed by atoms with Gasteiger partial charge in [0.25, 0.3) is 0 Å². The maximum absolute atomic E-state index is 10.7. The van der Waals surface area contributed by atoms with Gasteiger partial charge in [-0.1, -0.05) is 11.6 Å². The van der Waals surface area contributed by atoms with Crippen molar-refractivity contribution in [2.75, 3.05) is 17.6 Å². The van der Waals surface area contributed by atoms with E-state index in [1.165, 1.54) is 18.2 Å². The van der Waals surface area contributed by atoms with E-state index in [0.717, 1.165) is 0 Å². The zero-order valence-electron chi connectivity index (χ0n) is 8.68. The maximum Gasteiger partial charge on any atom is 0.337 e. The highest BCUT2D eigenvalue weighted by Crippen LogP contribution is 2.20. The molecule has 0 saturated carbocycles. The third-order valence-electron chi connectivity index (χ3n) is 1.92. The van der Waals surface area contributed by atoms with Gasteiger partial charge in [-0.25, -0.2) is 18.4 Å². The molecule has 4 N–H and O–H groups in total. The molecule has 1 aromatic carbocycles. The first-order valence-corrected chi connectivity index (χ1v) is 6.66. The monoisotopic (exact) mass is 278 g/mol. The van der Waals surface area contributed by atoms with Crippen LogP contribution in [0, 0.1) is 0 Å². The first-order chi connectivity index (χ1) is 7.79. The van der Waals surface area contributed by atoms with Crippen molar-refractivity contribution < 1.29 is 18.3 Å². The van der Waals surface area contributed by atoms with Crippen LogP contribution in [0.15, 0.2) is 18.2 Å². The number of nitrogens with two attached hydrogens (primary N) is 1. The summed E-state index contributed by atoms with van der Waals surface area (Å²) in [7, 11) is -3.52. The van der Waals surface area contributed by atoms with Gasteiger partial charge in [0.1, 0.15) is 0 Å². The summed E-state index contributed by atoms with van der Waals surface area (Å²) < 4.78 is 21.3. The van der Waals surface area contributed by atoms with E-state index in [0.29, 0.717) is 5.69 Å². The molecular formula is C9H11ClN2O4S. The van der Waals surface area contributed by atoms with Crippen molar-refractivity contribution in [3.8, 4) is 0 Å². The molecule has 0 fully saturated rings. The highest BCUT2D eigenvalue weighted by atomic mass is 35.5. The van der Waals surface area contributed by atoms with E-state index in [1.54, 1.807) is 0 Å². The fraction of sp³-hybridized carbons (Fsp3) is 0.222. The summed E-state index contributed by atoms with van der Waals surface area (Å²) in [6.07, 6.45) is 0. The molecular weight excluding hydrogens is 268 g/mol. The van der Waals surface area contributed by atoms with Crippen molar-refractivity contribution >= 4 is 33.3 Å². The summed E-state index contributed by atoms with van der Waals surface area (Å²) in [4.78, 5) is 10.7. The van der Waals surface area contributed by atoms with E-state index in [2.05, 4.69) is 5.32 Å². The minimum absolute atomic E-state index is 0.0105. The fourth-order valence-corrected chi connectivity index (χ4v) is 1.78. The first kappa shape index (κ1) is 13.8. The second-order valence-corrected chi connectivity index (χ2v) is 5.43. The number of carboxylic acid groups (broad SMARTS) is 1. The number of primary sulfonamides is 1. The van der Waals surface area contributed by atoms with Crippen LogP contribution in [-0.2, 0) is 10.0 Å². The molecule has 0 heterocycles. The maximum atomic E-state index is 10.7. The van der Waals surface area contributed by atoms with Gasteiger partial charge >= 0.3 is 5.97 Å². The second kappa shape index (κ2) is 5.35. The molecule has 1 rings (SSSR count). The van der Waals surface area contributed by atoms with Crippen LogP contribution in [-0.4, -0.2) is 31.8 Å². The van der Waals surface area contributed by atoms with Crippen LogP contribution in [0.4, 0.5) is 5.69 Å². The lowest BCUT2D eigenvalue weighted by Gasteiger charge is -2.07. The Morgan fingerprint density at radius 3 is 2.59 bits per heavy atom. The summed E-state index contributed by atoms with van der Waals surface area (Å²) in [6, 6.07) is 4.25. The van der Waals surface area contributed by atoms with E-state index in [4.69, 9.17) is 21.8 Å². The Kier molecular flexibility index (Phi) is 4.33. The molecule has 0 spiro atoms. The van der Waals surface area contributed by atoms with Crippen molar-refractivity contribution in [2.24, 2.45) is 5.14 Å². The van der Waals surface area contributed by atoms with E-state index in [-0.39, 0.29) is 22.9 Å². The number of nitrogens with one attached hydrogen (secondary N) is 1. The predicted octanol–water partition coefficient (Wildman–Crippen LogP) is 0.739. The standard InChI is InChI=1S/C9H11ClN2O4S/c10-8-5-6(1-2-7(8)9(13)14)12-3-4-17(11,15)16/h1-2,5,12H,3-4H2,(H,13,14)(H2,11,15,16). The third-order valence-corrected chi connectivity index (χ3v) is 3.00. The number of aromatic carboxylic acids is 1. The van der Waals surface area contributed by atoms with Crippen molar-refractivity contribution in [3.05, 3.63) is 28.8 Å². The molecule has 0 atom stereocenters. The molecule has 0 unspecified atom stereocenters. The number of benzene rings is 1. The highest BCUT2D eigenvalue weighted by molar-refractivity contribution is 7.89. The van der Waals surface area contributed by atoms with Gasteiger partial charge in [-0.15, -0.1) is 0 Å². The largest absolute Gasteiger partial charge is 0.478 e. The average molecular weight is 279 g/mol. The number of hydrogen-bond acceptors (Lipinski definition) is 4. The van der Waals surface area contributed by atoms with Crippen LogP contribution >= 0.6 is 11.6 Å². The van der Waals surface area contributed by atoms with E-state index >= 15 is 0 Å². The van der Waals surface area contributed by atoms with Crippen LogP contribution in [0.1, 0.15) is 10.4 Å². The Labute approximate surface area is 103 Å². The highest BCUT2D eigenvalue weighted by Gasteiger charge is 2.09.